The zero-order valence-corrected chi connectivity index (χ0v) is 22.2. The molecule has 10 heteroatoms. The standard InChI is InChI=1S/C29H29FN4O4S/c1-39(35,36)12-10-31-15-22-14-29(38-20-22)34-11-9-23-16-32-17-28(27(23)18-34)33-25-5-7-26(8-6-25)37-19-21-3-2-4-24(30)13-21/h2-9,11,13-14,16-18,20,31-33H,10,12,15,19H2,1H3. The largest absolute Gasteiger partial charge is 0.489 e. The van der Waals surface area contributed by atoms with Crippen LogP contribution in [0.15, 0.2) is 113 Å². The molecule has 2 aliphatic rings. The minimum atomic E-state index is -3.00. The first-order valence-electron chi connectivity index (χ1n) is 12.4. The Bertz CT molecular complexity index is 1560. The van der Waals surface area contributed by atoms with E-state index in [2.05, 4.69) is 16.0 Å². The predicted octanol–water partition coefficient (Wildman–Crippen LogP) is 4.79. The van der Waals surface area contributed by atoms with Crippen LogP contribution >= 0.6 is 0 Å². The van der Waals surface area contributed by atoms with Gasteiger partial charge in [0, 0.05) is 72.6 Å². The van der Waals surface area contributed by atoms with Crippen molar-refractivity contribution in [1.29, 1.82) is 0 Å². The molecule has 0 aliphatic carbocycles. The molecule has 0 bridgehead atoms. The molecule has 2 aromatic carbocycles. The first-order chi connectivity index (χ1) is 18.8. The van der Waals surface area contributed by atoms with Crippen molar-refractivity contribution in [3.8, 4) is 5.75 Å². The third kappa shape index (κ3) is 7.18. The summed E-state index contributed by atoms with van der Waals surface area (Å²) in [5.74, 6) is 1.14. The van der Waals surface area contributed by atoms with Gasteiger partial charge in [-0.2, -0.15) is 0 Å². The number of furan rings is 1. The summed E-state index contributed by atoms with van der Waals surface area (Å²) in [5, 5.41) is 9.75. The Hall–Kier alpha value is -4.28. The lowest BCUT2D eigenvalue weighted by Gasteiger charge is -2.26. The Morgan fingerprint density at radius 2 is 1.92 bits per heavy atom. The average molecular weight is 549 g/mol. The molecule has 3 heterocycles. The van der Waals surface area contributed by atoms with Gasteiger partial charge < -0.3 is 25.1 Å². The fraction of sp³-hybridized carbons (Fsp3) is 0.172. The number of nitrogens with one attached hydrogen (secondary N) is 3. The molecule has 8 nitrogen and oxygen atoms in total. The molecular formula is C29H29FN4O4S. The molecule has 0 atom stereocenters. The summed E-state index contributed by atoms with van der Waals surface area (Å²) in [5.41, 5.74) is 5.44. The SMILES string of the molecule is CS(=O)(=O)CCNCc1coc(N2C=CC3=CNC=C(Nc4ccc(OCc5cccc(F)c5)cc4)C3=C2)c1. The number of nitrogens with zero attached hydrogens (tertiary/aromatic N) is 1. The Labute approximate surface area is 227 Å². The van der Waals surface area contributed by atoms with E-state index in [1.807, 2.05) is 72.2 Å². The summed E-state index contributed by atoms with van der Waals surface area (Å²) < 4.78 is 47.5. The van der Waals surface area contributed by atoms with Crippen LogP contribution in [-0.2, 0) is 23.0 Å². The summed E-state index contributed by atoms with van der Waals surface area (Å²) >= 11 is 0. The second kappa shape index (κ2) is 11.6. The lowest BCUT2D eigenvalue weighted by Crippen LogP contribution is -2.21. The normalized spacial score (nSPS) is 14.6. The zero-order chi connectivity index (χ0) is 27.2. The smallest absolute Gasteiger partial charge is 0.203 e. The lowest BCUT2D eigenvalue weighted by atomic mass is 10.0. The zero-order valence-electron chi connectivity index (χ0n) is 21.4. The number of halogens is 1. The van der Waals surface area contributed by atoms with E-state index in [0.29, 0.717) is 24.7 Å². The number of fused-ring (bicyclic) bond motifs is 1. The predicted molar refractivity (Wildman–Crippen MR) is 150 cm³/mol. The van der Waals surface area contributed by atoms with E-state index in [9.17, 15) is 12.8 Å². The van der Waals surface area contributed by atoms with E-state index < -0.39 is 9.84 Å². The van der Waals surface area contributed by atoms with Gasteiger partial charge in [0.2, 0.25) is 5.88 Å². The Morgan fingerprint density at radius 3 is 2.72 bits per heavy atom. The topological polar surface area (TPSA) is 95.8 Å². The number of benzene rings is 2. The minimum absolute atomic E-state index is 0.0919. The monoisotopic (exact) mass is 548 g/mol. The van der Waals surface area contributed by atoms with Crippen molar-refractivity contribution in [1.82, 2.24) is 10.6 Å². The first kappa shape index (κ1) is 26.3. The van der Waals surface area contributed by atoms with E-state index in [0.717, 1.165) is 33.7 Å². The number of anilines is 2. The summed E-state index contributed by atoms with van der Waals surface area (Å²) in [7, 11) is -3.00. The van der Waals surface area contributed by atoms with Crippen LogP contribution < -0.4 is 25.6 Å². The van der Waals surface area contributed by atoms with Crippen molar-refractivity contribution >= 4 is 21.4 Å². The van der Waals surface area contributed by atoms with E-state index in [-0.39, 0.29) is 18.2 Å². The van der Waals surface area contributed by atoms with Crippen molar-refractivity contribution in [3.05, 3.63) is 126 Å². The molecule has 0 saturated carbocycles. The Kier molecular flexibility index (Phi) is 7.85. The highest BCUT2D eigenvalue weighted by Gasteiger charge is 2.20. The van der Waals surface area contributed by atoms with Crippen LogP contribution in [0.1, 0.15) is 11.1 Å². The summed E-state index contributed by atoms with van der Waals surface area (Å²) in [6.07, 6.45) is 12.6. The van der Waals surface area contributed by atoms with Crippen LogP contribution in [0.4, 0.5) is 16.0 Å². The third-order valence-electron chi connectivity index (χ3n) is 6.05. The second-order valence-electron chi connectivity index (χ2n) is 9.26. The number of allylic oxidation sites excluding steroid dienone is 2. The van der Waals surface area contributed by atoms with E-state index in [1.165, 1.54) is 18.4 Å². The molecule has 0 unspecified atom stereocenters. The van der Waals surface area contributed by atoms with Crippen molar-refractivity contribution in [3.63, 3.8) is 0 Å². The average Bonchev–Trinajstić information content (AvgIpc) is 3.39. The summed E-state index contributed by atoms with van der Waals surface area (Å²) in [6.45, 7) is 1.18. The van der Waals surface area contributed by atoms with Gasteiger partial charge in [0.1, 0.15) is 28.0 Å². The molecule has 2 aliphatic heterocycles. The van der Waals surface area contributed by atoms with Crippen LogP contribution in [-0.4, -0.2) is 27.0 Å². The van der Waals surface area contributed by atoms with Gasteiger partial charge in [0.15, 0.2) is 0 Å². The van der Waals surface area contributed by atoms with E-state index in [4.69, 9.17) is 9.15 Å². The van der Waals surface area contributed by atoms with Crippen LogP contribution in [0.25, 0.3) is 0 Å². The molecule has 1 aromatic heterocycles. The molecule has 39 heavy (non-hydrogen) atoms. The van der Waals surface area contributed by atoms with Crippen molar-refractivity contribution in [2.75, 3.05) is 28.8 Å². The summed E-state index contributed by atoms with van der Waals surface area (Å²) in [6, 6.07) is 15.9. The van der Waals surface area contributed by atoms with Crippen molar-refractivity contribution < 1.29 is 22.0 Å². The third-order valence-corrected chi connectivity index (χ3v) is 7.00. The maximum absolute atomic E-state index is 13.4. The van der Waals surface area contributed by atoms with E-state index in [1.54, 1.807) is 12.3 Å². The van der Waals surface area contributed by atoms with Gasteiger partial charge in [-0.3, -0.25) is 4.90 Å². The molecule has 5 rings (SSSR count). The van der Waals surface area contributed by atoms with Gasteiger partial charge in [-0.1, -0.05) is 12.1 Å². The number of rotatable bonds is 11. The van der Waals surface area contributed by atoms with Gasteiger partial charge in [0.25, 0.3) is 0 Å². The molecule has 3 N–H and O–H groups in total. The second-order valence-corrected chi connectivity index (χ2v) is 11.5. The maximum atomic E-state index is 13.4. The van der Waals surface area contributed by atoms with Gasteiger partial charge in [-0.25, -0.2) is 12.8 Å². The molecule has 3 aromatic rings. The minimum Gasteiger partial charge on any atom is -0.489 e. The van der Waals surface area contributed by atoms with Crippen LogP contribution in [0.3, 0.4) is 0 Å². The molecule has 202 valence electrons. The lowest BCUT2D eigenvalue weighted by molar-refractivity contribution is 0.305. The number of dihydropyridines is 1. The quantitative estimate of drug-likeness (QED) is 0.295. The number of ether oxygens (including phenoxy) is 1. The molecule has 0 amide bonds. The fourth-order valence-corrected chi connectivity index (χ4v) is 4.57. The number of hydrogen-bond acceptors (Lipinski definition) is 8. The Balaban J connectivity index is 1.20. The maximum Gasteiger partial charge on any atom is 0.203 e. The van der Waals surface area contributed by atoms with E-state index >= 15 is 0 Å². The molecule has 0 radical (unpaired) electrons. The Morgan fingerprint density at radius 1 is 1.08 bits per heavy atom. The van der Waals surface area contributed by atoms with Gasteiger partial charge in [-0.15, -0.1) is 0 Å². The van der Waals surface area contributed by atoms with Gasteiger partial charge in [0.05, 0.1) is 17.7 Å². The highest BCUT2D eigenvalue weighted by atomic mass is 32.2. The molecule has 0 saturated heterocycles. The van der Waals surface area contributed by atoms with Crippen LogP contribution in [0.2, 0.25) is 0 Å². The van der Waals surface area contributed by atoms with Gasteiger partial charge >= 0.3 is 0 Å². The van der Waals surface area contributed by atoms with Gasteiger partial charge in [-0.05, 0) is 48.0 Å². The fourth-order valence-electron chi connectivity index (χ4n) is 4.06. The molecule has 0 spiro atoms. The first-order valence-corrected chi connectivity index (χ1v) is 14.4. The highest BCUT2D eigenvalue weighted by molar-refractivity contribution is 7.90. The van der Waals surface area contributed by atoms with Crippen molar-refractivity contribution in [2.45, 2.75) is 13.2 Å². The highest BCUT2D eigenvalue weighted by Crippen LogP contribution is 2.31. The number of sulfone groups is 1. The summed E-state index contributed by atoms with van der Waals surface area (Å²) in [4.78, 5) is 1.90. The van der Waals surface area contributed by atoms with Crippen molar-refractivity contribution in [2.24, 2.45) is 0 Å². The molecule has 0 fully saturated rings. The van der Waals surface area contributed by atoms with Crippen LogP contribution in [0, 0.1) is 5.82 Å². The van der Waals surface area contributed by atoms with Crippen LogP contribution in [0.5, 0.6) is 5.75 Å². The molecular weight excluding hydrogens is 519 g/mol. The number of hydrogen-bond donors (Lipinski definition) is 3.